The molecule has 0 saturated carbocycles. The van der Waals surface area contributed by atoms with Gasteiger partial charge in [0.1, 0.15) is 6.04 Å². The number of carbonyl (C=O) groups excluding carboxylic acids is 2. The molecule has 1 aromatic heterocycles. The molecule has 2 heterocycles. The average molecular weight is 250 g/mol. The van der Waals surface area contributed by atoms with Gasteiger partial charge >= 0.3 is 0 Å². The fraction of sp³-hybridized carbons (Fsp3) is 0.583. The van der Waals surface area contributed by atoms with Crippen molar-refractivity contribution < 1.29 is 9.59 Å². The van der Waals surface area contributed by atoms with E-state index >= 15 is 0 Å². The summed E-state index contributed by atoms with van der Waals surface area (Å²) < 4.78 is 1.84. The van der Waals surface area contributed by atoms with Crippen LogP contribution in [0.4, 0.5) is 0 Å². The maximum absolute atomic E-state index is 12.0. The second-order valence-electron chi connectivity index (χ2n) is 4.45. The van der Waals surface area contributed by atoms with Crippen molar-refractivity contribution in [2.45, 2.75) is 32.4 Å². The van der Waals surface area contributed by atoms with Gasteiger partial charge in [-0.25, -0.2) is 4.98 Å². The van der Waals surface area contributed by atoms with E-state index in [4.69, 9.17) is 0 Å². The van der Waals surface area contributed by atoms with Crippen LogP contribution in [0.1, 0.15) is 31.5 Å². The number of fused-ring (bicyclic) bond motifs is 1. The lowest BCUT2D eigenvalue weighted by atomic mass is 10.1. The van der Waals surface area contributed by atoms with Gasteiger partial charge < -0.3 is 14.8 Å². The highest BCUT2D eigenvalue weighted by atomic mass is 16.2. The van der Waals surface area contributed by atoms with Crippen molar-refractivity contribution in [1.29, 1.82) is 0 Å². The van der Waals surface area contributed by atoms with Crippen LogP contribution in [0.2, 0.25) is 0 Å². The van der Waals surface area contributed by atoms with Crippen LogP contribution in [0.3, 0.4) is 0 Å². The Morgan fingerprint density at radius 3 is 3.00 bits per heavy atom. The van der Waals surface area contributed by atoms with Crippen molar-refractivity contribution >= 4 is 11.8 Å². The highest BCUT2D eigenvalue weighted by Gasteiger charge is 2.31. The minimum Gasteiger partial charge on any atom is -0.357 e. The molecular weight excluding hydrogens is 232 g/mol. The van der Waals surface area contributed by atoms with Crippen LogP contribution in [0, 0.1) is 0 Å². The van der Waals surface area contributed by atoms with Gasteiger partial charge in [0.05, 0.1) is 25.1 Å². The Morgan fingerprint density at radius 2 is 2.33 bits per heavy atom. The summed E-state index contributed by atoms with van der Waals surface area (Å²) in [7, 11) is 1.60. The van der Waals surface area contributed by atoms with Crippen LogP contribution in [-0.4, -0.2) is 39.9 Å². The van der Waals surface area contributed by atoms with Gasteiger partial charge in [0, 0.05) is 19.7 Å². The molecule has 0 aliphatic carbocycles. The predicted octanol–water partition coefficient (Wildman–Crippen LogP) is 0.312. The molecule has 0 fully saturated rings. The Hall–Kier alpha value is -1.85. The number of hydrogen-bond acceptors (Lipinski definition) is 3. The Kier molecular flexibility index (Phi) is 3.64. The molecule has 1 N–H and O–H groups in total. The van der Waals surface area contributed by atoms with Crippen LogP contribution in [0.15, 0.2) is 12.5 Å². The van der Waals surface area contributed by atoms with Gasteiger partial charge in [0.25, 0.3) is 0 Å². The average Bonchev–Trinajstić information content (AvgIpc) is 2.85. The van der Waals surface area contributed by atoms with E-state index in [2.05, 4.69) is 10.3 Å². The number of hydrogen-bond donors (Lipinski definition) is 1. The lowest BCUT2D eigenvalue weighted by Crippen LogP contribution is -2.45. The Labute approximate surface area is 106 Å². The summed E-state index contributed by atoms with van der Waals surface area (Å²) in [4.78, 5) is 29.6. The fourth-order valence-corrected chi connectivity index (χ4v) is 2.23. The lowest BCUT2D eigenvalue weighted by molar-refractivity contribution is -0.135. The SMILES string of the molecule is CCCC(=O)N1Cc2cncn2[C@@H](C(=O)NC)C1. The molecule has 1 atom stereocenters. The number of amides is 2. The largest absolute Gasteiger partial charge is 0.357 e. The predicted molar refractivity (Wildman–Crippen MR) is 65.7 cm³/mol. The molecule has 1 aliphatic rings. The van der Waals surface area contributed by atoms with Crippen LogP contribution < -0.4 is 5.32 Å². The van der Waals surface area contributed by atoms with E-state index < -0.39 is 0 Å². The zero-order chi connectivity index (χ0) is 13.1. The normalized spacial score (nSPS) is 18.3. The molecule has 0 aromatic carbocycles. The highest BCUT2D eigenvalue weighted by Crippen LogP contribution is 2.21. The smallest absolute Gasteiger partial charge is 0.244 e. The van der Waals surface area contributed by atoms with Crippen molar-refractivity contribution in [2.24, 2.45) is 0 Å². The molecular formula is C12H18N4O2. The second-order valence-corrected chi connectivity index (χ2v) is 4.45. The van der Waals surface area contributed by atoms with Gasteiger partial charge in [-0.1, -0.05) is 6.92 Å². The first kappa shape index (κ1) is 12.6. The third-order valence-electron chi connectivity index (χ3n) is 3.19. The summed E-state index contributed by atoms with van der Waals surface area (Å²) in [6, 6.07) is -0.373. The molecule has 0 saturated heterocycles. The zero-order valence-corrected chi connectivity index (χ0v) is 10.7. The van der Waals surface area contributed by atoms with E-state index in [1.165, 1.54) is 0 Å². The van der Waals surface area contributed by atoms with Crippen molar-refractivity contribution in [3.63, 3.8) is 0 Å². The summed E-state index contributed by atoms with van der Waals surface area (Å²) in [5.41, 5.74) is 0.902. The molecule has 98 valence electrons. The van der Waals surface area contributed by atoms with Crippen LogP contribution in [0.5, 0.6) is 0 Å². The van der Waals surface area contributed by atoms with E-state index in [-0.39, 0.29) is 17.9 Å². The summed E-state index contributed by atoms with van der Waals surface area (Å²) in [6.07, 6.45) is 4.70. The first-order valence-electron chi connectivity index (χ1n) is 6.17. The number of aromatic nitrogens is 2. The molecule has 0 bridgehead atoms. The van der Waals surface area contributed by atoms with Crippen molar-refractivity contribution in [2.75, 3.05) is 13.6 Å². The number of nitrogens with one attached hydrogen (secondary N) is 1. The highest BCUT2D eigenvalue weighted by molar-refractivity contribution is 5.82. The molecule has 2 amide bonds. The summed E-state index contributed by atoms with van der Waals surface area (Å²) in [6.45, 7) is 2.93. The molecule has 0 radical (unpaired) electrons. The Morgan fingerprint density at radius 1 is 1.56 bits per heavy atom. The lowest BCUT2D eigenvalue weighted by Gasteiger charge is -2.33. The number of rotatable bonds is 3. The van der Waals surface area contributed by atoms with Gasteiger partial charge in [0.15, 0.2) is 0 Å². The molecule has 18 heavy (non-hydrogen) atoms. The summed E-state index contributed by atoms with van der Waals surface area (Å²) >= 11 is 0. The van der Waals surface area contributed by atoms with Gasteiger partial charge in [-0.3, -0.25) is 9.59 Å². The quantitative estimate of drug-likeness (QED) is 0.839. The van der Waals surface area contributed by atoms with Gasteiger partial charge in [-0.2, -0.15) is 0 Å². The van der Waals surface area contributed by atoms with Crippen LogP contribution in [-0.2, 0) is 16.1 Å². The van der Waals surface area contributed by atoms with E-state index in [0.717, 1.165) is 12.1 Å². The standard InChI is InChI=1S/C12H18N4O2/c1-3-4-11(17)15-6-9-5-14-8-16(9)10(7-15)12(18)13-2/h5,8,10H,3-4,6-7H2,1-2H3,(H,13,18)/t10-/m1/s1. The first-order chi connectivity index (χ1) is 8.67. The fourth-order valence-electron chi connectivity index (χ4n) is 2.23. The maximum Gasteiger partial charge on any atom is 0.244 e. The number of carbonyl (C=O) groups is 2. The molecule has 2 rings (SSSR count). The monoisotopic (exact) mass is 250 g/mol. The molecule has 6 nitrogen and oxygen atoms in total. The van der Waals surface area contributed by atoms with Crippen molar-refractivity contribution in [3.8, 4) is 0 Å². The first-order valence-corrected chi connectivity index (χ1v) is 6.17. The third kappa shape index (κ3) is 2.23. The third-order valence-corrected chi connectivity index (χ3v) is 3.19. The Bertz CT molecular complexity index is 455. The molecule has 1 aliphatic heterocycles. The summed E-state index contributed by atoms with van der Waals surface area (Å²) in [5.74, 6) is 0.00195. The molecule has 0 unspecified atom stereocenters. The summed E-state index contributed by atoms with van der Waals surface area (Å²) in [5, 5.41) is 2.63. The van der Waals surface area contributed by atoms with Crippen molar-refractivity contribution in [1.82, 2.24) is 19.8 Å². The van der Waals surface area contributed by atoms with E-state index in [0.29, 0.717) is 19.5 Å². The molecule has 0 spiro atoms. The minimum absolute atomic E-state index is 0.0942. The number of imidazole rings is 1. The topological polar surface area (TPSA) is 67.2 Å². The van der Waals surface area contributed by atoms with E-state index in [1.807, 2.05) is 11.5 Å². The molecule has 1 aromatic rings. The minimum atomic E-state index is -0.373. The van der Waals surface area contributed by atoms with Crippen molar-refractivity contribution in [3.05, 3.63) is 18.2 Å². The van der Waals surface area contributed by atoms with Crippen LogP contribution in [0.25, 0.3) is 0 Å². The maximum atomic E-state index is 12.0. The molecule has 6 heteroatoms. The van der Waals surface area contributed by atoms with E-state index in [9.17, 15) is 9.59 Å². The van der Waals surface area contributed by atoms with Gasteiger partial charge in [0.2, 0.25) is 11.8 Å². The van der Waals surface area contributed by atoms with Gasteiger partial charge in [-0.05, 0) is 6.42 Å². The second kappa shape index (κ2) is 5.20. The van der Waals surface area contributed by atoms with Gasteiger partial charge in [-0.15, -0.1) is 0 Å². The number of nitrogens with zero attached hydrogens (tertiary/aromatic N) is 3. The Balaban J connectivity index is 2.22. The number of likely N-dealkylation sites (N-methyl/N-ethyl adjacent to an activating group) is 1. The van der Waals surface area contributed by atoms with E-state index in [1.54, 1.807) is 24.5 Å². The zero-order valence-electron chi connectivity index (χ0n) is 10.7. The van der Waals surface area contributed by atoms with Crippen LogP contribution >= 0.6 is 0 Å².